The van der Waals surface area contributed by atoms with Gasteiger partial charge in [0.25, 0.3) is 10.0 Å². The number of nitrogens with two attached hydrogens (primary N) is 2. The number of carbonyl (C=O) groups excluding carboxylic acids is 1. The number of hydrogen-bond donors (Lipinski definition) is 3. The number of hydrogen-bond acceptors (Lipinski definition) is 5. The van der Waals surface area contributed by atoms with Gasteiger partial charge in [0.05, 0.1) is 22.0 Å². The number of amides is 2. The molecule has 9 heteroatoms. The predicted molar refractivity (Wildman–Crippen MR) is 109 cm³/mol. The third kappa shape index (κ3) is 4.12. The van der Waals surface area contributed by atoms with Crippen LogP contribution in [0.15, 0.2) is 89.8 Å². The van der Waals surface area contributed by atoms with Gasteiger partial charge in [0.2, 0.25) is 0 Å². The zero-order valence-corrected chi connectivity index (χ0v) is 15.6. The second-order valence-electron chi connectivity index (χ2n) is 5.79. The van der Waals surface area contributed by atoms with Crippen LogP contribution in [-0.4, -0.2) is 14.4 Å². The largest absolute Gasteiger partial charge is 0.357 e. The zero-order chi connectivity index (χ0) is 20.1. The lowest BCUT2D eigenvalue weighted by Crippen LogP contribution is -2.51. The molecule has 8 nitrogen and oxygen atoms in total. The number of carbonyl (C=O) groups is 1. The molecule has 3 aromatic rings. The van der Waals surface area contributed by atoms with E-state index in [0.717, 1.165) is 10.0 Å². The molecule has 3 rings (SSSR count). The van der Waals surface area contributed by atoms with Gasteiger partial charge in [-0.15, -0.1) is 0 Å². The van der Waals surface area contributed by atoms with Crippen molar-refractivity contribution >= 4 is 33.1 Å². The van der Waals surface area contributed by atoms with Gasteiger partial charge in [0.1, 0.15) is 0 Å². The normalized spacial score (nSPS) is 10.9. The van der Waals surface area contributed by atoms with Crippen LogP contribution in [0.3, 0.4) is 0 Å². The smallest absolute Gasteiger partial charge is 0.277 e. The summed E-state index contributed by atoms with van der Waals surface area (Å²) in [6.45, 7) is 0. The molecule has 0 saturated carbocycles. The molecule has 5 N–H and O–H groups in total. The van der Waals surface area contributed by atoms with E-state index >= 15 is 0 Å². The highest BCUT2D eigenvalue weighted by Gasteiger charge is 2.23. The van der Waals surface area contributed by atoms with Gasteiger partial charge in [-0.05, 0) is 36.4 Å². The molecule has 0 spiro atoms. The molecular formula is C19H19N5O3S. The fourth-order valence-corrected chi connectivity index (χ4v) is 3.59. The number of para-hydroxylation sites is 3. The standard InChI is InChI=1S/C19H19N5O3S/c20-23(15-9-3-1-4-10-15)19(25)24(21)18-14-8-7-13-17(18)22-28(26,27)16-11-5-2-6-12-16/h1-14,22H,20-21H2. The molecule has 0 radical (unpaired) electrons. The first-order valence-electron chi connectivity index (χ1n) is 8.26. The van der Waals surface area contributed by atoms with E-state index in [1.165, 1.54) is 24.3 Å². The van der Waals surface area contributed by atoms with Crippen LogP contribution in [-0.2, 0) is 10.0 Å². The van der Waals surface area contributed by atoms with Crippen LogP contribution in [0.4, 0.5) is 21.9 Å². The SMILES string of the molecule is NN(C(=O)N(N)c1ccccc1NS(=O)(=O)c1ccccc1)c1ccccc1. The fraction of sp³-hybridized carbons (Fsp3) is 0. The Kier molecular flexibility index (Phi) is 5.59. The van der Waals surface area contributed by atoms with Crippen molar-refractivity contribution in [3.8, 4) is 0 Å². The van der Waals surface area contributed by atoms with E-state index in [2.05, 4.69) is 4.72 Å². The van der Waals surface area contributed by atoms with Crippen LogP contribution >= 0.6 is 0 Å². The maximum Gasteiger partial charge on any atom is 0.357 e. The summed E-state index contributed by atoms with van der Waals surface area (Å²) in [7, 11) is -3.86. The molecule has 0 aromatic heterocycles. The topological polar surface area (TPSA) is 122 Å². The van der Waals surface area contributed by atoms with E-state index in [4.69, 9.17) is 11.7 Å². The highest BCUT2D eigenvalue weighted by molar-refractivity contribution is 7.92. The third-order valence-electron chi connectivity index (χ3n) is 3.91. The van der Waals surface area contributed by atoms with Crippen LogP contribution in [0.2, 0.25) is 0 Å². The average Bonchev–Trinajstić information content (AvgIpc) is 2.73. The fourth-order valence-electron chi connectivity index (χ4n) is 2.49. The molecule has 3 aromatic carbocycles. The van der Waals surface area contributed by atoms with Gasteiger partial charge in [-0.1, -0.05) is 48.5 Å². The van der Waals surface area contributed by atoms with E-state index in [1.54, 1.807) is 60.7 Å². The van der Waals surface area contributed by atoms with E-state index < -0.39 is 16.1 Å². The van der Waals surface area contributed by atoms with Gasteiger partial charge in [-0.3, -0.25) is 4.72 Å². The minimum atomic E-state index is -3.86. The average molecular weight is 397 g/mol. The van der Waals surface area contributed by atoms with Crippen LogP contribution in [0.25, 0.3) is 0 Å². The Bertz CT molecular complexity index is 1060. The Labute approximate surface area is 163 Å². The van der Waals surface area contributed by atoms with Crippen molar-refractivity contribution in [3.63, 3.8) is 0 Å². The highest BCUT2D eigenvalue weighted by Crippen LogP contribution is 2.27. The summed E-state index contributed by atoms with van der Waals surface area (Å²) in [6.07, 6.45) is 0. The maximum atomic E-state index is 12.7. The Hall–Kier alpha value is -3.40. The summed E-state index contributed by atoms with van der Waals surface area (Å²) >= 11 is 0. The molecule has 0 aliphatic rings. The number of hydrazine groups is 2. The number of nitrogens with one attached hydrogen (secondary N) is 1. The van der Waals surface area contributed by atoms with E-state index in [1.807, 2.05) is 0 Å². The van der Waals surface area contributed by atoms with E-state index in [9.17, 15) is 13.2 Å². The van der Waals surface area contributed by atoms with Crippen molar-refractivity contribution in [2.24, 2.45) is 11.7 Å². The summed E-state index contributed by atoms with van der Waals surface area (Å²) in [5.74, 6) is 11.8. The predicted octanol–water partition coefficient (Wildman–Crippen LogP) is 2.67. The Morgan fingerprint density at radius 2 is 1.29 bits per heavy atom. The molecule has 0 fully saturated rings. The summed E-state index contributed by atoms with van der Waals surface area (Å²) in [5, 5.41) is 1.67. The van der Waals surface area contributed by atoms with Crippen LogP contribution < -0.4 is 26.4 Å². The number of anilines is 3. The summed E-state index contributed by atoms with van der Waals surface area (Å²) in [6, 6.07) is 22.0. The van der Waals surface area contributed by atoms with Crippen molar-refractivity contribution in [1.82, 2.24) is 0 Å². The van der Waals surface area contributed by atoms with Crippen LogP contribution in [0.1, 0.15) is 0 Å². The van der Waals surface area contributed by atoms with Gasteiger partial charge >= 0.3 is 6.03 Å². The highest BCUT2D eigenvalue weighted by atomic mass is 32.2. The number of sulfonamides is 1. The minimum Gasteiger partial charge on any atom is -0.277 e. The molecule has 0 unspecified atom stereocenters. The first kappa shape index (κ1) is 19.4. The molecular weight excluding hydrogens is 378 g/mol. The summed E-state index contributed by atoms with van der Waals surface area (Å²) < 4.78 is 27.7. The first-order chi connectivity index (χ1) is 13.4. The number of benzene rings is 3. The molecule has 0 bridgehead atoms. The van der Waals surface area contributed by atoms with Crippen molar-refractivity contribution < 1.29 is 13.2 Å². The van der Waals surface area contributed by atoms with Crippen molar-refractivity contribution in [2.45, 2.75) is 4.90 Å². The summed E-state index contributed by atoms with van der Waals surface area (Å²) in [4.78, 5) is 12.7. The maximum absolute atomic E-state index is 12.7. The lowest BCUT2D eigenvalue weighted by Gasteiger charge is -2.25. The number of rotatable bonds is 5. The second kappa shape index (κ2) is 8.09. The van der Waals surface area contributed by atoms with Crippen molar-refractivity contribution in [3.05, 3.63) is 84.9 Å². The minimum absolute atomic E-state index is 0.0874. The Morgan fingerprint density at radius 3 is 1.93 bits per heavy atom. The van der Waals surface area contributed by atoms with Crippen LogP contribution in [0.5, 0.6) is 0 Å². The van der Waals surface area contributed by atoms with Crippen LogP contribution in [0, 0.1) is 0 Å². The van der Waals surface area contributed by atoms with Gasteiger partial charge in [-0.2, -0.15) is 0 Å². The van der Waals surface area contributed by atoms with Crippen molar-refractivity contribution in [1.29, 1.82) is 0 Å². The van der Waals surface area contributed by atoms with E-state index in [0.29, 0.717) is 5.69 Å². The quantitative estimate of drug-likeness (QED) is 0.347. The third-order valence-corrected chi connectivity index (χ3v) is 5.29. The summed E-state index contributed by atoms with van der Waals surface area (Å²) in [5.41, 5.74) is 0.729. The Morgan fingerprint density at radius 1 is 0.750 bits per heavy atom. The molecule has 28 heavy (non-hydrogen) atoms. The van der Waals surface area contributed by atoms with Gasteiger partial charge in [-0.25, -0.2) is 34.9 Å². The molecule has 0 aliphatic carbocycles. The van der Waals surface area contributed by atoms with E-state index in [-0.39, 0.29) is 16.3 Å². The van der Waals surface area contributed by atoms with Gasteiger partial charge in [0.15, 0.2) is 0 Å². The number of urea groups is 1. The molecule has 0 atom stereocenters. The van der Waals surface area contributed by atoms with Gasteiger partial charge < -0.3 is 0 Å². The number of nitrogens with zero attached hydrogens (tertiary/aromatic N) is 2. The molecule has 0 saturated heterocycles. The second-order valence-corrected chi connectivity index (χ2v) is 7.48. The van der Waals surface area contributed by atoms with Gasteiger partial charge in [0, 0.05) is 0 Å². The molecule has 0 heterocycles. The first-order valence-corrected chi connectivity index (χ1v) is 9.74. The van der Waals surface area contributed by atoms with Crippen molar-refractivity contribution in [2.75, 3.05) is 14.7 Å². The molecule has 0 aliphatic heterocycles. The molecule has 144 valence electrons. The Balaban J connectivity index is 1.88. The monoisotopic (exact) mass is 397 g/mol. The molecule has 2 amide bonds. The lowest BCUT2D eigenvalue weighted by atomic mass is 10.2. The lowest BCUT2D eigenvalue weighted by molar-refractivity contribution is 0.251. The zero-order valence-electron chi connectivity index (χ0n) is 14.8.